The lowest BCUT2D eigenvalue weighted by Crippen LogP contribution is -2.40. The first-order chi connectivity index (χ1) is 22.3. The van der Waals surface area contributed by atoms with Crippen molar-refractivity contribution in [1.82, 2.24) is 19.8 Å². The molecule has 0 bridgehead atoms. The van der Waals surface area contributed by atoms with Crippen molar-refractivity contribution in [2.75, 3.05) is 38.2 Å². The largest absolute Gasteiger partial charge is 0.392 e. The summed E-state index contributed by atoms with van der Waals surface area (Å²) < 4.78 is 22.2. The van der Waals surface area contributed by atoms with Gasteiger partial charge in [0.15, 0.2) is 0 Å². The summed E-state index contributed by atoms with van der Waals surface area (Å²) >= 11 is 0. The van der Waals surface area contributed by atoms with Crippen LogP contribution in [0.4, 0.5) is 15.9 Å². The molecule has 2 aliphatic rings. The molecule has 0 atom stereocenters. The highest BCUT2D eigenvalue weighted by molar-refractivity contribution is 5.95. The van der Waals surface area contributed by atoms with Crippen molar-refractivity contribution in [3.8, 4) is 0 Å². The first-order valence-electron chi connectivity index (χ1n) is 14.9. The third kappa shape index (κ3) is 7.53. The summed E-state index contributed by atoms with van der Waals surface area (Å²) in [5.74, 6) is -0.0136. The number of morpholine rings is 1. The van der Waals surface area contributed by atoms with Gasteiger partial charge in [-0.05, 0) is 83.5 Å². The number of rotatable bonds is 12. The Bertz CT molecular complexity index is 1770. The number of amides is 2. The van der Waals surface area contributed by atoms with Gasteiger partial charge in [-0.1, -0.05) is 6.07 Å². The van der Waals surface area contributed by atoms with E-state index in [4.69, 9.17) is 10.1 Å². The van der Waals surface area contributed by atoms with E-state index in [1.54, 1.807) is 42.4 Å². The molecule has 0 radical (unpaired) electrons. The first kappa shape index (κ1) is 32.2. The van der Waals surface area contributed by atoms with Crippen molar-refractivity contribution in [3.63, 3.8) is 0 Å². The Kier molecular flexibility index (Phi) is 10.3. The Morgan fingerprint density at radius 1 is 1.20 bits per heavy atom. The Morgan fingerprint density at radius 2 is 1.98 bits per heavy atom. The third-order valence-electron chi connectivity index (χ3n) is 7.81. The highest BCUT2D eigenvalue weighted by Crippen LogP contribution is 2.41. The summed E-state index contributed by atoms with van der Waals surface area (Å²) in [6.45, 7) is 1.49. The molecule has 12 heteroatoms. The average molecular weight is 627 g/mol. The molecule has 1 aliphatic carbocycles. The van der Waals surface area contributed by atoms with Crippen LogP contribution in [-0.2, 0) is 16.6 Å². The number of nitrogens with zero attached hydrogens (tertiary/aromatic N) is 3. The van der Waals surface area contributed by atoms with Gasteiger partial charge in [0.1, 0.15) is 17.3 Å². The van der Waals surface area contributed by atoms with Crippen molar-refractivity contribution >= 4 is 47.8 Å². The fraction of sp³-hybridized carbons (Fsp3) is 0.265. The maximum atomic E-state index is 15.6. The monoisotopic (exact) mass is 626 g/mol. The zero-order valence-electron chi connectivity index (χ0n) is 25.3. The van der Waals surface area contributed by atoms with Gasteiger partial charge >= 0.3 is 0 Å². The summed E-state index contributed by atoms with van der Waals surface area (Å²) in [6, 6.07) is 8.16. The van der Waals surface area contributed by atoms with Crippen LogP contribution in [0.15, 0.2) is 65.4 Å². The summed E-state index contributed by atoms with van der Waals surface area (Å²) in [5.41, 5.74) is 2.96. The molecule has 1 saturated heterocycles. The fourth-order valence-electron chi connectivity index (χ4n) is 5.27. The van der Waals surface area contributed by atoms with E-state index in [1.165, 1.54) is 35.2 Å². The number of hydrogen-bond donors (Lipinski definition) is 4. The van der Waals surface area contributed by atoms with Gasteiger partial charge in [0.05, 0.1) is 25.4 Å². The number of aliphatic hydroxyl groups excluding tert-OH is 1. The highest BCUT2D eigenvalue weighted by atomic mass is 19.1. The van der Waals surface area contributed by atoms with E-state index in [2.05, 4.69) is 15.6 Å². The van der Waals surface area contributed by atoms with Crippen molar-refractivity contribution in [3.05, 3.63) is 105 Å². The van der Waals surface area contributed by atoms with Crippen molar-refractivity contribution < 1.29 is 23.8 Å². The number of carbonyl (C=O) groups is 2. The Hall–Kier alpha value is -5.20. The van der Waals surface area contributed by atoms with E-state index in [-0.39, 0.29) is 28.6 Å². The molecule has 238 valence electrons. The normalized spacial score (nSPS) is 15.6. The summed E-state index contributed by atoms with van der Waals surface area (Å²) in [6.07, 6.45) is 12.5. The first-order valence-corrected chi connectivity index (χ1v) is 14.9. The van der Waals surface area contributed by atoms with Gasteiger partial charge in [-0.15, -0.1) is 0 Å². The van der Waals surface area contributed by atoms with Crippen LogP contribution in [0.25, 0.3) is 17.7 Å². The van der Waals surface area contributed by atoms with E-state index < -0.39 is 12.4 Å². The molecule has 0 unspecified atom stereocenters. The Balaban J connectivity index is 1.47. The predicted molar refractivity (Wildman–Crippen MR) is 174 cm³/mol. The summed E-state index contributed by atoms with van der Waals surface area (Å²) in [7, 11) is 1.57. The maximum Gasteiger partial charge on any atom is 0.274 e. The number of carbonyl (C=O) groups excluding carboxylic acids is 2. The smallest absolute Gasteiger partial charge is 0.274 e. The summed E-state index contributed by atoms with van der Waals surface area (Å²) in [4.78, 5) is 42.7. The lowest BCUT2D eigenvalue weighted by atomic mass is 9.93. The SMILES string of the molecule is Cn1cc(C(=C/C=N)/C(=C/c2c(F)cc(C3CC3)cc2/C=C\NC=O)CO)cc(Nc2ccc(C(=O)N3CCOCC3)cn2)c1=O. The Labute approximate surface area is 265 Å². The lowest BCUT2D eigenvalue weighted by molar-refractivity contribution is -0.108. The number of pyridine rings is 2. The molecule has 1 saturated carbocycles. The molecule has 2 fully saturated rings. The Morgan fingerprint density at radius 3 is 2.63 bits per heavy atom. The average Bonchev–Trinajstić information content (AvgIpc) is 3.92. The molecular formula is C34H35FN6O5. The molecule has 1 aliphatic heterocycles. The number of aryl methyl sites for hydroxylation is 1. The topological polar surface area (TPSA) is 150 Å². The number of nitrogens with one attached hydrogen (secondary N) is 3. The zero-order chi connectivity index (χ0) is 32.6. The molecule has 3 heterocycles. The van der Waals surface area contributed by atoms with Gasteiger partial charge in [0.25, 0.3) is 11.5 Å². The van der Waals surface area contributed by atoms with Crippen LogP contribution in [0.2, 0.25) is 0 Å². The van der Waals surface area contributed by atoms with Crippen LogP contribution < -0.4 is 16.2 Å². The number of anilines is 2. The molecule has 4 N–H and O–H groups in total. The minimum absolute atomic E-state index is 0.151. The number of aromatic nitrogens is 2. The van der Waals surface area contributed by atoms with E-state index in [0.717, 1.165) is 24.6 Å². The molecular weight excluding hydrogens is 591 g/mol. The van der Waals surface area contributed by atoms with Crippen LogP contribution in [-0.4, -0.2) is 71.0 Å². The second-order valence-corrected chi connectivity index (χ2v) is 11.0. The van der Waals surface area contributed by atoms with Crippen molar-refractivity contribution in [2.45, 2.75) is 18.8 Å². The second kappa shape index (κ2) is 14.7. The number of hydrogen-bond acceptors (Lipinski definition) is 8. The van der Waals surface area contributed by atoms with Crippen LogP contribution >= 0.6 is 0 Å². The maximum absolute atomic E-state index is 15.6. The minimum atomic E-state index is -0.495. The number of halogens is 1. The van der Waals surface area contributed by atoms with Crippen LogP contribution in [0.3, 0.4) is 0 Å². The zero-order valence-corrected chi connectivity index (χ0v) is 25.3. The number of benzene rings is 1. The summed E-state index contributed by atoms with van der Waals surface area (Å²) in [5, 5.41) is 23.7. The standard InChI is InChI=1S/C34H35FN6O5/c1-40-19-26(17-31(34(40)45)39-32-5-4-24(18-38-32)33(44)41-10-12-46-13-11-41)28(6-8-36)27(20-42)15-29-23(7-9-37-21-43)14-25(16-30(29)35)22-2-3-22/h4-9,14-19,21-22,36,42H,2-3,10-13,20H2,1H3,(H,37,43)(H,38,39)/b9-7-,27-15+,28-6-,36-8?. The van der Waals surface area contributed by atoms with Crippen molar-refractivity contribution in [2.24, 2.45) is 7.05 Å². The van der Waals surface area contributed by atoms with E-state index in [9.17, 15) is 19.5 Å². The van der Waals surface area contributed by atoms with E-state index in [0.29, 0.717) is 66.4 Å². The van der Waals surface area contributed by atoms with Crippen LogP contribution in [0.1, 0.15) is 51.4 Å². The molecule has 1 aromatic carbocycles. The second-order valence-electron chi connectivity index (χ2n) is 11.0. The third-order valence-corrected chi connectivity index (χ3v) is 7.81. The van der Waals surface area contributed by atoms with Gasteiger partial charge in [-0.2, -0.15) is 0 Å². The van der Waals surface area contributed by atoms with E-state index in [1.807, 2.05) is 6.07 Å². The fourth-order valence-corrected chi connectivity index (χ4v) is 5.27. The molecule has 2 amide bonds. The number of ether oxygens (including phenoxy) is 1. The minimum Gasteiger partial charge on any atom is -0.392 e. The lowest BCUT2D eigenvalue weighted by Gasteiger charge is -2.26. The van der Waals surface area contributed by atoms with Gasteiger partial charge in [0, 0.05) is 56.1 Å². The number of allylic oxidation sites excluding steroid dienone is 1. The molecule has 0 spiro atoms. The van der Waals surface area contributed by atoms with Gasteiger partial charge in [-0.3, -0.25) is 14.4 Å². The van der Waals surface area contributed by atoms with Gasteiger partial charge in [-0.25, -0.2) is 9.37 Å². The predicted octanol–water partition coefficient (Wildman–Crippen LogP) is 3.84. The van der Waals surface area contributed by atoms with Crippen molar-refractivity contribution in [1.29, 1.82) is 5.41 Å². The van der Waals surface area contributed by atoms with Gasteiger partial charge < -0.3 is 35.4 Å². The van der Waals surface area contributed by atoms with Gasteiger partial charge in [0.2, 0.25) is 6.41 Å². The van der Waals surface area contributed by atoms with Crippen LogP contribution in [0, 0.1) is 11.2 Å². The van der Waals surface area contributed by atoms with Crippen LogP contribution in [0.5, 0.6) is 0 Å². The molecule has 11 nitrogen and oxygen atoms in total. The molecule has 3 aromatic rings. The molecule has 46 heavy (non-hydrogen) atoms. The molecule has 5 rings (SSSR count). The number of aliphatic hydroxyl groups is 1. The quantitative estimate of drug-likeness (QED) is 0.136. The highest BCUT2D eigenvalue weighted by Gasteiger charge is 2.25. The van der Waals surface area contributed by atoms with E-state index >= 15 is 4.39 Å². The molecule has 2 aromatic heterocycles.